The predicted octanol–water partition coefficient (Wildman–Crippen LogP) is 3.56. The Labute approximate surface area is 84.2 Å². The van der Waals surface area contributed by atoms with Crippen molar-refractivity contribution < 1.29 is 9.13 Å². The van der Waals surface area contributed by atoms with Gasteiger partial charge in [-0.3, -0.25) is 0 Å². The molecule has 0 atom stereocenters. The molecule has 0 radical (unpaired) electrons. The first-order chi connectivity index (χ1) is 6.83. The third-order valence-corrected chi connectivity index (χ3v) is 1.87. The Morgan fingerprint density at radius 2 is 2.21 bits per heavy atom. The summed E-state index contributed by atoms with van der Waals surface area (Å²) >= 11 is 0. The van der Waals surface area contributed by atoms with Gasteiger partial charge in [0.25, 0.3) is 0 Å². The highest BCUT2D eigenvalue weighted by molar-refractivity contribution is 5.22. The Hall–Kier alpha value is -1.31. The predicted molar refractivity (Wildman–Crippen MR) is 55.9 cm³/mol. The van der Waals surface area contributed by atoms with Crippen LogP contribution in [0.15, 0.2) is 36.9 Å². The molecule has 0 aliphatic carbocycles. The maximum absolute atomic E-state index is 12.7. The normalized spacial score (nSPS) is 9.79. The molecule has 0 bridgehead atoms. The van der Waals surface area contributed by atoms with Crippen LogP contribution in [0.4, 0.5) is 4.39 Å². The number of rotatable bonds is 6. The Morgan fingerprint density at radius 1 is 1.36 bits per heavy atom. The van der Waals surface area contributed by atoms with Crippen LogP contribution in [-0.4, -0.2) is 6.61 Å². The van der Waals surface area contributed by atoms with Gasteiger partial charge in [-0.05, 0) is 31.4 Å². The molecule has 0 fully saturated rings. The molecule has 1 rings (SSSR count). The highest BCUT2D eigenvalue weighted by Crippen LogP contribution is 2.12. The van der Waals surface area contributed by atoms with E-state index in [-0.39, 0.29) is 5.82 Å². The monoisotopic (exact) mass is 194 g/mol. The zero-order valence-electron chi connectivity index (χ0n) is 8.21. The van der Waals surface area contributed by atoms with E-state index in [1.165, 1.54) is 12.1 Å². The molecule has 76 valence electrons. The van der Waals surface area contributed by atoms with Crippen LogP contribution in [0.25, 0.3) is 0 Å². The number of ether oxygens (including phenoxy) is 1. The van der Waals surface area contributed by atoms with Gasteiger partial charge in [0.1, 0.15) is 11.6 Å². The first-order valence-corrected chi connectivity index (χ1v) is 4.82. The van der Waals surface area contributed by atoms with Gasteiger partial charge in [-0.15, -0.1) is 6.58 Å². The van der Waals surface area contributed by atoms with E-state index in [2.05, 4.69) is 6.58 Å². The molecular formula is C12H15FO. The molecule has 0 aliphatic rings. The first kappa shape index (κ1) is 10.8. The number of hydrogen-bond acceptors (Lipinski definition) is 1. The van der Waals surface area contributed by atoms with Gasteiger partial charge < -0.3 is 4.74 Å². The lowest BCUT2D eigenvalue weighted by Gasteiger charge is -2.04. The van der Waals surface area contributed by atoms with Crippen molar-refractivity contribution in [2.24, 2.45) is 0 Å². The molecule has 0 N–H and O–H groups in total. The third kappa shape index (κ3) is 4.08. The first-order valence-electron chi connectivity index (χ1n) is 4.82. The van der Waals surface area contributed by atoms with Crippen LogP contribution >= 0.6 is 0 Å². The summed E-state index contributed by atoms with van der Waals surface area (Å²) in [4.78, 5) is 0. The molecule has 0 heterocycles. The van der Waals surface area contributed by atoms with E-state index < -0.39 is 0 Å². The van der Waals surface area contributed by atoms with Crippen molar-refractivity contribution in [3.63, 3.8) is 0 Å². The van der Waals surface area contributed by atoms with Gasteiger partial charge in [0.15, 0.2) is 0 Å². The lowest BCUT2D eigenvalue weighted by atomic mass is 10.2. The van der Waals surface area contributed by atoms with Gasteiger partial charge >= 0.3 is 0 Å². The van der Waals surface area contributed by atoms with E-state index in [0.29, 0.717) is 12.4 Å². The van der Waals surface area contributed by atoms with E-state index in [9.17, 15) is 4.39 Å². The van der Waals surface area contributed by atoms with Crippen molar-refractivity contribution in [1.82, 2.24) is 0 Å². The summed E-state index contributed by atoms with van der Waals surface area (Å²) in [5.74, 6) is 0.345. The average Bonchev–Trinajstić information content (AvgIpc) is 2.18. The van der Waals surface area contributed by atoms with Crippen molar-refractivity contribution in [1.29, 1.82) is 0 Å². The second-order valence-corrected chi connectivity index (χ2v) is 3.09. The van der Waals surface area contributed by atoms with Gasteiger partial charge in [0, 0.05) is 6.07 Å². The standard InChI is InChI=1S/C12H15FO/c1-2-3-4-5-9-14-12-8-6-7-11(13)10-12/h2,6-8,10H,1,3-5,9H2. The van der Waals surface area contributed by atoms with Gasteiger partial charge in [-0.2, -0.15) is 0 Å². The molecule has 0 saturated carbocycles. The second kappa shape index (κ2) is 6.19. The van der Waals surface area contributed by atoms with E-state index in [0.717, 1.165) is 19.3 Å². The summed E-state index contributed by atoms with van der Waals surface area (Å²) in [5, 5.41) is 0. The van der Waals surface area contributed by atoms with Gasteiger partial charge in [0.2, 0.25) is 0 Å². The minimum Gasteiger partial charge on any atom is -0.493 e. The third-order valence-electron chi connectivity index (χ3n) is 1.87. The second-order valence-electron chi connectivity index (χ2n) is 3.09. The smallest absolute Gasteiger partial charge is 0.126 e. The molecule has 1 aromatic rings. The van der Waals surface area contributed by atoms with Crippen molar-refractivity contribution in [2.45, 2.75) is 19.3 Å². The average molecular weight is 194 g/mol. The van der Waals surface area contributed by atoms with Gasteiger partial charge in [-0.25, -0.2) is 4.39 Å². The van der Waals surface area contributed by atoms with Crippen molar-refractivity contribution in [2.75, 3.05) is 6.61 Å². The Bertz CT molecular complexity index is 283. The molecule has 1 aromatic carbocycles. The fraction of sp³-hybridized carbons (Fsp3) is 0.333. The number of halogens is 1. The molecule has 0 spiro atoms. The highest BCUT2D eigenvalue weighted by atomic mass is 19.1. The zero-order chi connectivity index (χ0) is 10.2. The summed E-state index contributed by atoms with van der Waals surface area (Å²) in [5.41, 5.74) is 0. The van der Waals surface area contributed by atoms with E-state index in [4.69, 9.17) is 4.74 Å². The van der Waals surface area contributed by atoms with E-state index >= 15 is 0 Å². The summed E-state index contributed by atoms with van der Waals surface area (Å²) in [6.07, 6.45) is 4.94. The molecule has 0 saturated heterocycles. The van der Waals surface area contributed by atoms with Crippen LogP contribution in [0.5, 0.6) is 5.75 Å². The molecule has 1 nitrogen and oxygen atoms in total. The Morgan fingerprint density at radius 3 is 2.93 bits per heavy atom. The molecule has 0 amide bonds. The van der Waals surface area contributed by atoms with Crippen LogP contribution in [0.2, 0.25) is 0 Å². The van der Waals surface area contributed by atoms with Crippen molar-refractivity contribution in [3.05, 3.63) is 42.7 Å². The minimum absolute atomic E-state index is 0.256. The van der Waals surface area contributed by atoms with Crippen LogP contribution in [-0.2, 0) is 0 Å². The highest BCUT2D eigenvalue weighted by Gasteiger charge is 1.94. The van der Waals surface area contributed by atoms with Crippen molar-refractivity contribution in [3.8, 4) is 5.75 Å². The maximum atomic E-state index is 12.7. The molecule has 2 heteroatoms. The lowest BCUT2D eigenvalue weighted by Crippen LogP contribution is -1.96. The molecule has 0 aliphatic heterocycles. The molecular weight excluding hydrogens is 179 g/mol. The van der Waals surface area contributed by atoms with Crippen LogP contribution < -0.4 is 4.74 Å². The number of allylic oxidation sites excluding steroid dienone is 1. The summed E-state index contributed by atoms with van der Waals surface area (Å²) in [6.45, 7) is 4.27. The summed E-state index contributed by atoms with van der Waals surface area (Å²) < 4.78 is 18.1. The Balaban J connectivity index is 2.21. The number of benzene rings is 1. The van der Waals surface area contributed by atoms with Gasteiger partial charge in [-0.1, -0.05) is 12.1 Å². The summed E-state index contributed by atoms with van der Waals surface area (Å²) in [7, 11) is 0. The largest absolute Gasteiger partial charge is 0.493 e. The number of unbranched alkanes of at least 4 members (excludes halogenated alkanes) is 2. The lowest BCUT2D eigenvalue weighted by molar-refractivity contribution is 0.306. The molecule has 0 unspecified atom stereocenters. The quantitative estimate of drug-likeness (QED) is 0.497. The topological polar surface area (TPSA) is 9.23 Å². The van der Waals surface area contributed by atoms with Crippen LogP contribution in [0.3, 0.4) is 0 Å². The Kier molecular flexibility index (Phi) is 4.76. The van der Waals surface area contributed by atoms with Crippen LogP contribution in [0.1, 0.15) is 19.3 Å². The van der Waals surface area contributed by atoms with E-state index in [1.807, 2.05) is 6.08 Å². The molecule has 0 aromatic heterocycles. The maximum Gasteiger partial charge on any atom is 0.126 e. The van der Waals surface area contributed by atoms with Crippen LogP contribution in [0, 0.1) is 5.82 Å². The number of hydrogen-bond donors (Lipinski definition) is 0. The van der Waals surface area contributed by atoms with Crippen molar-refractivity contribution >= 4 is 0 Å². The fourth-order valence-electron chi connectivity index (χ4n) is 1.14. The summed E-state index contributed by atoms with van der Waals surface area (Å²) in [6, 6.07) is 6.21. The van der Waals surface area contributed by atoms with Gasteiger partial charge in [0.05, 0.1) is 6.61 Å². The molecule has 14 heavy (non-hydrogen) atoms. The van der Waals surface area contributed by atoms with E-state index in [1.54, 1.807) is 12.1 Å². The SMILES string of the molecule is C=CCCCCOc1cccc(F)c1. The fourth-order valence-corrected chi connectivity index (χ4v) is 1.14. The zero-order valence-corrected chi connectivity index (χ0v) is 8.21. The minimum atomic E-state index is -0.256.